The summed E-state index contributed by atoms with van der Waals surface area (Å²) in [7, 11) is 0. The van der Waals surface area contributed by atoms with Gasteiger partial charge in [0.1, 0.15) is 10.8 Å². The summed E-state index contributed by atoms with van der Waals surface area (Å²) in [4.78, 5) is 17.0. The van der Waals surface area contributed by atoms with Crippen LogP contribution in [-0.2, 0) is 0 Å². The van der Waals surface area contributed by atoms with E-state index in [1.54, 1.807) is 23.1 Å². The van der Waals surface area contributed by atoms with E-state index in [1.165, 1.54) is 12.8 Å². The molecule has 1 aliphatic heterocycles. The molecule has 0 unspecified atom stereocenters. The fourth-order valence-corrected chi connectivity index (χ4v) is 5.19. The summed E-state index contributed by atoms with van der Waals surface area (Å²) in [6.07, 6.45) is 6.10. The second kappa shape index (κ2) is 6.98. The summed E-state index contributed by atoms with van der Waals surface area (Å²) in [5, 5.41) is 2.63. The van der Waals surface area contributed by atoms with Gasteiger partial charge in [0.25, 0.3) is 0 Å². The highest BCUT2D eigenvalue weighted by Gasteiger charge is 2.26. The summed E-state index contributed by atoms with van der Waals surface area (Å²) in [6.45, 7) is 8.75. The smallest absolute Gasteiger partial charge is 0.147 e. The molecule has 7 heteroatoms. The zero-order valence-electron chi connectivity index (χ0n) is 15.1. The molecular formula is C19H21ClN4S2. The quantitative estimate of drug-likeness (QED) is 0.549. The second-order valence-electron chi connectivity index (χ2n) is 7.42. The number of fused-ring (bicyclic) bond motifs is 1. The maximum Gasteiger partial charge on any atom is 0.147 e. The number of aromatic nitrogens is 3. The van der Waals surface area contributed by atoms with E-state index in [1.807, 2.05) is 31.5 Å². The SMILES string of the molecule is Cc1nc2ccc(Sc3cnc(N4CCC(C)(C)CC4)cn3)c(Cl)c2s1. The topological polar surface area (TPSA) is 41.9 Å². The van der Waals surface area contributed by atoms with E-state index in [0.29, 0.717) is 5.41 Å². The molecule has 0 bridgehead atoms. The average molecular weight is 405 g/mol. The van der Waals surface area contributed by atoms with E-state index in [9.17, 15) is 0 Å². The predicted molar refractivity (Wildman–Crippen MR) is 111 cm³/mol. The molecule has 0 amide bonds. The highest BCUT2D eigenvalue weighted by atomic mass is 35.5. The largest absolute Gasteiger partial charge is 0.355 e. The molecule has 136 valence electrons. The first-order valence-corrected chi connectivity index (χ1v) is 10.7. The highest BCUT2D eigenvalue weighted by Crippen LogP contribution is 2.39. The van der Waals surface area contributed by atoms with Crippen molar-refractivity contribution in [3.63, 3.8) is 0 Å². The van der Waals surface area contributed by atoms with Crippen molar-refractivity contribution >= 4 is 50.7 Å². The van der Waals surface area contributed by atoms with E-state index in [0.717, 1.165) is 49.1 Å². The van der Waals surface area contributed by atoms with Crippen molar-refractivity contribution in [2.24, 2.45) is 5.41 Å². The van der Waals surface area contributed by atoms with E-state index in [-0.39, 0.29) is 0 Å². The van der Waals surface area contributed by atoms with Gasteiger partial charge in [-0.1, -0.05) is 37.2 Å². The first-order valence-electron chi connectivity index (χ1n) is 8.72. The van der Waals surface area contributed by atoms with Crippen LogP contribution >= 0.6 is 34.7 Å². The van der Waals surface area contributed by atoms with Gasteiger partial charge in [0.05, 0.1) is 32.6 Å². The van der Waals surface area contributed by atoms with Gasteiger partial charge in [0.15, 0.2) is 0 Å². The summed E-state index contributed by atoms with van der Waals surface area (Å²) in [5.41, 5.74) is 1.39. The van der Waals surface area contributed by atoms with Crippen molar-refractivity contribution in [1.82, 2.24) is 15.0 Å². The molecular weight excluding hydrogens is 384 g/mol. The molecule has 4 nitrogen and oxygen atoms in total. The molecule has 3 heterocycles. The van der Waals surface area contributed by atoms with Gasteiger partial charge in [-0.2, -0.15) is 0 Å². The van der Waals surface area contributed by atoms with Gasteiger partial charge in [-0.25, -0.2) is 15.0 Å². The van der Waals surface area contributed by atoms with Crippen LogP contribution in [0.3, 0.4) is 0 Å². The van der Waals surface area contributed by atoms with Crippen molar-refractivity contribution in [2.75, 3.05) is 18.0 Å². The van der Waals surface area contributed by atoms with E-state index < -0.39 is 0 Å². The van der Waals surface area contributed by atoms with Crippen LogP contribution in [0, 0.1) is 12.3 Å². The molecule has 26 heavy (non-hydrogen) atoms. The molecule has 0 spiro atoms. The number of nitrogens with zero attached hydrogens (tertiary/aromatic N) is 4. The maximum atomic E-state index is 6.58. The van der Waals surface area contributed by atoms with Crippen LogP contribution in [0.25, 0.3) is 10.2 Å². The van der Waals surface area contributed by atoms with Crippen LogP contribution in [0.1, 0.15) is 31.7 Å². The monoisotopic (exact) mass is 404 g/mol. The lowest BCUT2D eigenvalue weighted by atomic mass is 9.83. The number of hydrogen-bond donors (Lipinski definition) is 0. The Morgan fingerprint density at radius 1 is 1.15 bits per heavy atom. The van der Waals surface area contributed by atoms with E-state index in [4.69, 9.17) is 11.6 Å². The molecule has 0 N–H and O–H groups in total. The number of piperidine rings is 1. The number of hydrogen-bond acceptors (Lipinski definition) is 6. The van der Waals surface area contributed by atoms with E-state index in [2.05, 4.69) is 33.7 Å². The Hall–Kier alpha value is -1.37. The second-order valence-corrected chi connectivity index (χ2v) is 10.1. The summed E-state index contributed by atoms with van der Waals surface area (Å²) >= 11 is 9.75. The lowest BCUT2D eigenvalue weighted by Crippen LogP contribution is -2.37. The van der Waals surface area contributed by atoms with Gasteiger partial charge in [-0.05, 0) is 37.3 Å². The Bertz CT molecular complexity index is 927. The molecule has 2 aromatic heterocycles. The zero-order chi connectivity index (χ0) is 18.3. The number of aryl methyl sites for hydroxylation is 1. The molecule has 4 rings (SSSR count). The van der Waals surface area contributed by atoms with Crippen LogP contribution in [0.15, 0.2) is 34.4 Å². The first-order chi connectivity index (χ1) is 12.4. The van der Waals surface area contributed by atoms with Gasteiger partial charge in [-0.15, -0.1) is 11.3 Å². The summed E-state index contributed by atoms with van der Waals surface area (Å²) in [6, 6.07) is 4.03. The molecule has 3 aromatic rings. The predicted octanol–water partition coefficient (Wildman–Crippen LogP) is 5.83. The van der Waals surface area contributed by atoms with Gasteiger partial charge in [-0.3, -0.25) is 0 Å². The molecule has 0 aliphatic carbocycles. The van der Waals surface area contributed by atoms with Crippen LogP contribution in [0.5, 0.6) is 0 Å². The lowest BCUT2D eigenvalue weighted by molar-refractivity contribution is 0.279. The number of thiazole rings is 1. The van der Waals surface area contributed by atoms with Crippen LogP contribution in [-0.4, -0.2) is 28.0 Å². The molecule has 1 aromatic carbocycles. The molecule has 1 aliphatic rings. The van der Waals surface area contributed by atoms with Crippen LogP contribution < -0.4 is 4.90 Å². The normalized spacial score (nSPS) is 17.0. The number of anilines is 1. The molecule has 1 saturated heterocycles. The Balaban J connectivity index is 1.50. The number of halogens is 1. The fourth-order valence-electron chi connectivity index (χ4n) is 3.11. The van der Waals surface area contributed by atoms with Gasteiger partial charge in [0, 0.05) is 18.0 Å². The third-order valence-electron chi connectivity index (χ3n) is 4.84. The average Bonchev–Trinajstić information content (AvgIpc) is 3.00. The standard InChI is InChI=1S/C19H21ClN4S2/c1-12-23-13-4-5-14(17(20)18(13)25-12)26-16-11-21-15(10-22-16)24-8-6-19(2,3)7-9-24/h4-5,10-11H,6-9H2,1-3H3. The maximum absolute atomic E-state index is 6.58. The first kappa shape index (κ1) is 18.0. The third-order valence-corrected chi connectivity index (χ3v) is 7.44. The van der Waals surface area contributed by atoms with Gasteiger partial charge >= 0.3 is 0 Å². The lowest BCUT2D eigenvalue weighted by Gasteiger charge is -2.37. The van der Waals surface area contributed by atoms with Crippen molar-refractivity contribution < 1.29 is 0 Å². The highest BCUT2D eigenvalue weighted by molar-refractivity contribution is 7.99. The minimum Gasteiger partial charge on any atom is -0.355 e. The van der Waals surface area contributed by atoms with Crippen LogP contribution in [0.2, 0.25) is 5.02 Å². The Morgan fingerprint density at radius 2 is 1.92 bits per heavy atom. The Labute approximate surface area is 167 Å². The number of benzene rings is 1. The molecule has 0 saturated carbocycles. The third kappa shape index (κ3) is 3.68. The number of rotatable bonds is 3. The molecule has 0 atom stereocenters. The Morgan fingerprint density at radius 3 is 2.62 bits per heavy atom. The minimum absolute atomic E-state index is 0.435. The van der Waals surface area contributed by atoms with Gasteiger partial charge in [0.2, 0.25) is 0 Å². The zero-order valence-corrected chi connectivity index (χ0v) is 17.5. The van der Waals surface area contributed by atoms with Crippen molar-refractivity contribution in [1.29, 1.82) is 0 Å². The van der Waals surface area contributed by atoms with Crippen molar-refractivity contribution in [3.8, 4) is 0 Å². The molecule has 0 radical (unpaired) electrons. The van der Waals surface area contributed by atoms with Crippen molar-refractivity contribution in [2.45, 2.75) is 43.5 Å². The summed E-state index contributed by atoms with van der Waals surface area (Å²) in [5.74, 6) is 0.962. The minimum atomic E-state index is 0.435. The Kier molecular flexibility index (Phi) is 4.84. The summed E-state index contributed by atoms with van der Waals surface area (Å²) < 4.78 is 1.04. The van der Waals surface area contributed by atoms with E-state index >= 15 is 0 Å². The molecule has 1 fully saturated rings. The van der Waals surface area contributed by atoms with Crippen LogP contribution in [0.4, 0.5) is 5.82 Å². The fraction of sp³-hybridized carbons (Fsp3) is 0.421. The van der Waals surface area contributed by atoms with Gasteiger partial charge < -0.3 is 4.90 Å². The van der Waals surface area contributed by atoms with Crippen molar-refractivity contribution in [3.05, 3.63) is 34.6 Å².